The number of rotatable bonds is 8. The summed E-state index contributed by atoms with van der Waals surface area (Å²) in [7, 11) is 1.50. The van der Waals surface area contributed by atoms with Crippen molar-refractivity contribution in [3.05, 3.63) is 84.9 Å². The van der Waals surface area contributed by atoms with Gasteiger partial charge in [-0.1, -0.05) is 11.6 Å². The molecule has 0 aliphatic rings. The number of nitro groups is 1. The predicted octanol–water partition coefficient (Wildman–Crippen LogP) is 5.63. The second-order valence-electron chi connectivity index (χ2n) is 6.41. The molecule has 1 amide bonds. The van der Waals surface area contributed by atoms with E-state index < -0.39 is 4.92 Å². The van der Waals surface area contributed by atoms with E-state index in [4.69, 9.17) is 21.1 Å². The van der Waals surface area contributed by atoms with Gasteiger partial charge in [0.15, 0.2) is 18.1 Å². The van der Waals surface area contributed by atoms with Crippen LogP contribution in [0.4, 0.5) is 17.1 Å². The Bertz CT molecular complexity index is 1150. The second-order valence-corrected chi connectivity index (χ2v) is 8.01. The summed E-state index contributed by atoms with van der Waals surface area (Å²) in [6, 6.07) is 16.2. The van der Waals surface area contributed by atoms with Gasteiger partial charge in [0.1, 0.15) is 0 Å². The molecule has 0 aromatic heterocycles. The van der Waals surface area contributed by atoms with Gasteiger partial charge in [0.05, 0.1) is 21.3 Å². The van der Waals surface area contributed by atoms with Gasteiger partial charge in [-0.3, -0.25) is 19.9 Å². The van der Waals surface area contributed by atoms with Gasteiger partial charge in [0.25, 0.3) is 11.6 Å². The molecule has 0 bridgehead atoms. The van der Waals surface area contributed by atoms with E-state index in [0.717, 1.165) is 9.13 Å². The third-order valence-corrected chi connectivity index (χ3v) is 5.20. The van der Waals surface area contributed by atoms with Gasteiger partial charge in [0.2, 0.25) is 0 Å². The number of ether oxygens (including phenoxy) is 2. The summed E-state index contributed by atoms with van der Waals surface area (Å²) in [4.78, 5) is 26.8. The largest absolute Gasteiger partial charge is 0.493 e. The van der Waals surface area contributed by atoms with Crippen molar-refractivity contribution in [3.63, 3.8) is 0 Å². The zero-order valence-electron chi connectivity index (χ0n) is 16.7. The standard InChI is InChI=1S/C22H17ClIN3O5/c1-31-20-11-14(12-25-16-6-8-18(9-7-16)27(29)30)10-19(24)22(20)32-13-21(28)26-17-4-2-15(23)3-5-17/h2-12H,13H2,1H3,(H,26,28). The highest BCUT2D eigenvalue weighted by Gasteiger charge is 2.13. The third-order valence-electron chi connectivity index (χ3n) is 4.15. The van der Waals surface area contributed by atoms with Crippen molar-refractivity contribution in [2.45, 2.75) is 0 Å². The summed E-state index contributed by atoms with van der Waals surface area (Å²) in [5, 5.41) is 14.0. The van der Waals surface area contributed by atoms with Crippen LogP contribution in [-0.2, 0) is 4.79 Å². The Morgan fingerprint density at radius 3 is 2.50 bits per heavy atom. The lowest BCUT2D eigenvalue weighted by atomic mass is 10.2. The molecule has 0 saturated carbocycles. The number of halogens is 2. The van der Waals surface area contributed by atoms with E-state index in [2.05, 4.69) is 32.9 Å². The summed E-state index contributed by atoms with van der Waals surface area (Å²) in [5.74, 6) is 0.558. The van der Waals surface area contributed by atoms with Crippen LogP contribution in [-0.4, -0.2) is 30.8 Å². The molecule has 3 aromatic rings. The van der Waals surface area contributed by atoms with Crippen molar-refractivity contribution in [1.29, 1.82) is 0 Å². The minimum Gasteiger partial charge on any atom is -0.493 e. The molecule has 32 heavy (non-hydrogen) atoms. The van der Waals surface area contributed by atoms with Crippen LogP contribution >= 0.6 is 34.2 Å². The van der Waals surface area contributed by atoms with Crippen molar-refractivity contribution in [3.8, 4) is 11.5 Å². The molecule has 1 N–H and O–H groups in total. The average Bonchev–Trinajstić information content (AvgIpc) is 2.78. The molecule has 3 rings (SSSR count). The molecule has 0 saturated heterocycles. The summed E-state index contributed by atoms with van der Waals surface area (Å²) >= 11 is 7.93. The van der Waals surface area contributed by atoms with Gasteiger partial charge in [-0.25, -0.2) is 0 Å². The minimum absolute atomic E-state index is 0.00164. The van der Waals surface area contributed by atoms with Crippen LogP contribution < -0.4 is 14.8 Å². The van der Waals surface area contributed by atoms with Crippen LogP contribution in [0.3, 0.4) is 0 Å². The van der Waals surface area contributed by atoms with Crippen LogP contribution in [0.1, 0.15) is 5.56 Å². The van der Waals surface area contributed by atoms with Crippen LogP contribution in [0, 0.1) is 13.7 Å². The number of anilines is 1. The maximum absolute atomic E-state index is 12.2. The van der Waals surface area contributed by atoms with Crippen LogP contribution in [0.2, 0.25) is 5.02 Å². The molecule has 0 aliphatic heterocycles. The highest BCUT2D eigenvalue weighted by Crippen LogP contribution is 2.33. The highest BCUT2D eigenvalue weighted by molar-refractivity contribution is 14.1. The molecular formula is C22H17ClIN3O5. The first-order chi connectivity index (χ1) is 15.4. The number of hydrogen-bond acceptors (Lipinski definition) is 6. The normalized spacial score (nSPS) is 10.7. The number of carbonyl (C=O) groups excluding carboxylic acids is 1. The number of non-ortho nitro benzene ring substituents is 1. The van der Waals surface area contributed by atoms with Gasteiger partial charge < -0.3 is 14.8 Å². The lowest BCUT2D eigenvalue weighted by molar-refractivity contribution is -0.384. The van der Waals surface area contributed by atoms with Crippen LogP contribution in [0.5, 0.6) is 11.5 Å². The van der Waals surface area contributed by atoms with Gasteiger partial charge in [-0.2, -0.15) is 0 Å². The Balaban J connectivity index is 1.68. The predicted molar refractivity (Wildman–Crippen MR) is 132 cm³/mol. The lowest BCUT2D eigenvalue weighted by Crippen LogP contribution is -2.20. The Hall–Kier alpha value is -3.18. The van der Waals surface area contributed by atoms with Gasteiger partial charge in [-0.15, -0.1) is 0 Å². The quantitative estimate of drug-likeness (QED) is 0.165. The van der Waals surface area contributed by atoms with Crippen LogP contribution in [0.25, 0.3) is 0 Å². The fraction of sp³-hybridized carbons (Fsp3) is 0.0909. The van der Waals surface area contributed by atoms with Gasteiger partial charge in [0, 0.05) is 29.1 Å². The van der Waals surface area contributed by atoms with E-state index >= 15 is 0 Å². The van der Waals surface area contributed by atoms with Gasteiger partial charge >= 0.3 is 0 Å². The Morgan fingerprint density at radius 1 is 1.19 bits per heavy atom. The van der Waals surface area contributed by atoms with E-state index in [9.17, 15) is 14.9 Å². The number of nitrogens with one attached hydrogen (secondary N) is 1. The average molecular weight is 566 g/mol. The number of amides is 1. The second kappa shape index (κ2) is 10.9. The number of aliphatic imine (C=N–C) groups is 1. The molecule has 0 radical (unpaired) electrons. The fourth-order valence-electron chi connectivity index (χ4n) is 2.63. The van der Waals surface area contributed by atoms with E-state index in [1.54, 1.807) is 48.7 Å². The summed E-state index contributed by atoms with van der Waals surface area (Å²) < 4.78 is 11.8. The van der Waals surface area contributed by atoms with Crippen molar-refractivity contribution in [2.24, 2.45) is 4.99 Å². The van der Waals surface area contributed by atoms with Crippen molar-refractivity contribution in [1.82, 2.24) is 0 Å². The lowest BCUT2D eigenvalue weighted by Gasteiger charge is -2.13. The summed E-state index contributed by atoms with van der Waals surface area (Å²) in [6.07, 6.45) is 1.61. The molecule has 0 atom stereocenters. The Kier molecular flexibility index (Phi) is 8.01. The van der Waals surface area contributed by atoms with Crippen molar-refractivity contribution < 1.29 is 19.2 Å². The SMILES string of the molecule is COc1cc(C=Nc2ccc([N+](=O)[O-])cc2)cc(I)c1OCC(=O)Nc1ccc(Cl)cc1. The zero-order valence-corrected chi connectivity index (χ0v) is 19.7. The molecule has 164 valence electrons. The number of nitro benzene ring substituents is 1. The number of nitrogens with zero attached hydrogens (tertiary/aromatic N) is 2. The molecule has 10 heteroatoms. The van der Waals surface area contributed by atoms with Crippen LogP contribution in [0.15, 0.2) is 65.7 Å². The van der Waals surface area contributed by atoms with E-state index in [-0.39, 0.29) is 18.2 Å². The Morgan fingerprint density at radius 2 is 1.88 bits per heavy atom. The first-order valence-corrected chi connectivity index (χ1v) is 10.7. The topological polar surface area (TPSA) is 103 Å². The minimum atomic E-state index is -0.463. The highest BCUT2D eigenvalue weighted by atomic mass is 127. The smallest absolute Gasteiger partial charge is 0.269 e. The number of carbonyl (C=O) groups is 1. The molecule has 0 fully saturated rings. The molecule has 8 nitrogen and oxygen atoms in total. The van der Waals surface area contributed by atoms with E-state index in [1.165, 1.54) is 19.2 Å². The number of methoxy groups -OCH3 is 1. The molecular weight excluding hydrogens is 549 g/mol. The molecule has 0 unspecified atom stereocenters. The van der Waals surface area contributed by atoms with Crippen molar-refractivity contribution in [2.75, 3.05) is 19.0 Å². The molecule has 0 spiro atoms. The maximum atomic E-state index is 12.2. The number of hydrogen-bond donors (Lipinski definition) is 1. The third kappa shape index (κ3) is 6.41. The number of benzene rings is 3. The Labute approximate surface area is 202 Å². The maximum Gasteiger partial charge on any atom is 0.269 e. The summed E-state index contributed by atoms with van der Waals surface area (Å²) in [5.41, 5.74) is 1.93. The molecule has 0 aliphatic carbocycles. The van der Waals surface area contributed by atoms with E-state index in [1.807, 2.05) is 6.07 Å². The van der Waals surface area contributed by atoms with E-state index in [0.29, 0.717) is 27.9 Å². The monoisotopic (exact) mass is 565 g/mol. The first kappa shape index (κ1) is 23.5. The first-order valence-electron chi connectivity index (χ1n) is 9.20. The van der Waals surface area contributed by atoms with Crippen molar-refractivity contribution >= 4 is 63.4 Å². The van der Waals surface area contributed by atoms with Gasteiger partial charge in [-0.05, 0) is 76.7 Å². The summed E-state index contributed by atoms with van der Waals surface area (Å²) in [6.45, 7) is -0.203. The fourth-order valence-corrected chi connectivity index (χ4v) is 3.54. The zero-order chi connectivity index (χ0) is 23.1. The molecule has 3 aromatic carbocycles. The molecule has 0 heterocycles.